The van der Waals surface area contributed by atoms with Gasteiger partial charge in [0.15, 0.2) is 5.96 Å². The van der Waals surface area contributed by atoms with Crippen molar-refractivity contribution in [3.05, 3.63) is 65.5 Å². The minimum atomic E-state index is -2.93. The molecule has 0 radical (unpaired) electrons. The van der Waals surface area contributed by atoms with Crippen LogP contribution in [0.15, 0.2) is 53.5 Å². The van der Waals surface area contributed by atoms with Gasteiger partial charge in [0.05, 0.1) is 12.5 Å². The molecule has 162 valence electrons. The van der Waals surface area contributed by atoms with Crippen LogP contribution in [0.3, 0.4) is 0 Å². The summed E-state index contributed by atoms with van der Waals surface area (Å²) >= 11 is 0. The van der Waals surface area contributed by atoms with Crippen molar-refractivity contribution >= 4 is 11.9 Å². The average molecular weight is 422 g/mol. The summed E-state index contributed by atoms with van der Waals surface area (Å²) in [4.78, 5) is 16.2. The highest BCUT2D eigenvalue weighted by molar-refractivity contribution is 5.82. The van der Waals surface area contributed by atoms with Crippen molar-refractivity contribution in [2.45, 2.75) is 26.5 Å². The van der Waals surface area contributed by atoms with E-state index in [0.29, 0.717) is 24.5 Å². The second-order valence-electron chi connectivity index (χ2n) is 6.49. The van der Waals surface area contributed by atoms with Crippen LogP contribution in [0.1, 0.15) is 18.1 Å². The van der Waals surface area contributed by atoms with Crippen LogP contribution in [0.5, 0.6) is 5.75 Å². The largest absolute Gasteiger partial charge is 0.434 e. The van der Waals surface area contributed by atoms with E-state index < -0.39 is 18.4 Å². The van der Waals surface area contributed by atoms with Gasteiger partial charge in [0, 0.05) is 18.7 Å². The molecule has 0 heterocycles. The van der Waals surface area contributed by atoms with Crippen LogP contribution in [0.4, 0.5) is 13.2 Å². The topological polar surface area (TPSA) is 88.7 Å². The first-order chi connectivity index (χ1) is 14.4. The fourth-order valence-corrected chi connectivity index (χ4v) is 2.75. The van der Waals surface area contributed by atoms with Crippen LogP contribution in [-0.4, -0.2) is 31.6 Å². The lowest BCUT2D eigenvalue weighted by molar-refractivity contribution is -0.121. The fourth-order valence-electron chi connectivity index (χ4n) is 2.75. The molecule has 0 aromatic heterocycles. The number of amides is 1. The number of halogens is 3. The van der Waals surface area contributed by atoms with Gasteiger partial charge in [0.25, 0.3) is 0 Å². The molecule has 2 aromatic carbocycles. The number of nitrogens with zero attached hydrogens (tertiary/aromatic N) is 1. The van der Waals surface area contributed by atoms with Crippen molar-refractivity contribution in [1.82, 2.24) is 10.6 Å². The number of rotatable bonds is 10. The van der Waals surface area contributed by atoms with Gasteiger partial charge in [0.2, 0.25) is 5.91 Å². The van der Waals surface area contributed by atoms with Crippen LogP contribution in [-0.2, 0) is 17.8 Å². The predicted octanol–water partition coefficient (Wildman–Crippen LogP) is 2.83. The third-order valence-corrected chi connectivity index (χ3v) is 4.25. The Kier molecular flexibility index (Phi) is 8.99. The first-order valence-corrected chi connectivity index (χ1v) is 9.47. The zero-order valence-electron chi connectivity index (χ0n) is 16.6. The minimum Gasteiger partial charge on any atom is -0.434 e. The van der Waals surface area contributed by atoms with Crippen molar-refractivity contribution in [1.29, 1.82) is 0 Å². The summed E-state index contributed by atoms with van der Waals surface area (Å²) in [5.41, 5.74) is 6.78. The molecule has 1 amide bonds. The first kappa shape index (κ1) is 23.1. The van der Waals surface area contributed by atoms with Crippen LogP contribution in [0, 0.1) is 11.7 Å². The molecular weight excluding hydrogens is 397 g/mol. The number of aliphatic imine (C=N–C) groups is 1. The summed E-state index contributed by atoms with van der Waals surface area (Å²) in [7, 11) is 0. The molecule has 1 unspecified atom stereocenters. The standard InChI is InChI=1S/C21H25F3N4O2/c1-2-26-21(27-12-15-5-3-4-6-18(15)30-20(23)24)28-13-16(19(25)29)11-14-7-9-17(22)10-8-14/h3-10,16,20H,2,11-13H2,1H3,(H2,25,29)(H2,26,27,28). The molecule has 6 nitrogen and oxygen atoms in total. The molecule has 9 heteroatoms. The second kappa shape index (κ2) is 11.7. The summed E-state index contributed by atoms with van der Waals surface area (Å²) < 4.78 is 42.7. The normalized spacial score (nSPS) is 12.5. The van der Waals surface area contributed by atoms with Crippen molar-refractivity contribution in [3.63, 3.8) is 0 Å². The van der Waals surface area contributed by atoms with Crippen LogP contribution >= 0.6 is 0 Å². The van der Waals surface area contributed by atoms with E-state index in [1.54, 1.807) is 30.3 Å². The maximum atomic E-state index is 13.1. The zero-order chi connectivity index (χ0) is 21.9. The number of hydrogen-bond donors (Lipinski definition) is 3. The molecule has 0 aliphatic rings. The molecule has 0 saturated carbocycles. The molecule has 30 heavy (non-hydrogen) atoms. The Bertz CT molecular complexity index is 844. The fraction of sp³-hybridized carbons (Fsp3) is 0.333. The van der Waals surface area contributed by atoms with Crippen LogP contribution in [0.25, 0.3) is 0 Å². The Morgan fingerprint density at radius 3 is 2.47 bits per heavy atom. The molecule has 0 aliphatic carbocycles. The van der Waals surface area contributed by atoms with E-state index in [1.165, 1.54) is 18.2 Å². The van der Waals surface area contributed by atoms with Gasteiger partial charge in [-0.2, -0.15) is 8.78 Å². The summed E-state index contributed by atoms with van der Waals surface area (Å²) in [5, 5.41) is 6.07. The highest BCUT2D eigenvalue weighted by Gasteiger charge is 2.17. The zero-order valence-corrected chi connectivity index (χ0v) is 16.6. The van der Waals surface area contributed by atoms with E-state index in [4.69, 9.17) is 5.73 Å². The Balaban J connectivity index is 2.04. The SMILES string of the molecule is CCNC(=NCc1ccccc1OC(F)F)NCC(Cc1ccc(F)cc1)C(N)=O. The highest BCUT2D eigenvalue weighted by Crippen LogP contribution is 2.21. The van der Waals surface area contributed by atoms with Gasteiger partial charge in [-0.3, -0.25) is 4.79 Å². The van der Waals surface area contributed by atoms with E-state index in [9.17, 15) is 18.0 Å². The smallest absolute Gasteiger partial charge is 0.387 e. The van der Waals surface area contributed by atoms with Gasteiger partial charge in [-0.15, -0.1) is 0 Å². The lowest BCUT2D eigenvalue weighted by Crippen LogP contribution is -2.43. The van der Waals surface area contributed by atoms with Crippen molar-refractivity contribution in [3.8, 4) is 5.75 Å². The second-order valence-corrected chi connectivity index (χ2v) is 6.49. The van der Waals surface area contributed by atoms with E-state index in [-0.39, 0.29) is 24.7 Å². The van der Waals surface area contributed by atoms with Crippen molar-refractivity contribution in [2.24, 2.45) is 16.6 Å². The third-order valence-electron chi connectivity index (χ3n) is 4.25. The molecule has 4 N–H and O–H groups in total. The quantitative estimate of drug-likeness (QED) is 0.406. The molecule has 2 rings (SSSR count). The molecule has 2 aromatic rings. The van der Waals surface area contributed by atoms with E-state index in [2.05, 4.69) is 20.4 Å². The molecule has 0 spiro atoms. The van der Waals surface area contributed by atoms with Gasteiger partial charge >= 0.3 is 6.61 Å². The van der Waals surface area contributed by atoms with Gasteiger partial charge in [0.1, 0.15) is 11.6 Å². The third kappa shape index (κ3) is 7.65. The highest BCUT2D eigenvalue weighted by atomic mass is 19.3. The number of primary amides is 1. The van der Waals surface area contributed by atoms with E-state index in [1.807, 2.05) is 6.92 Å². The number of alkyl halides is 2. The number of carbonyl (C=O) groups is 1. The van der Waals surface area contributed by atoms with Crippen molar-refractivity contribution < 1.29 is 22.7 Å². The number of nitrogens with one attached hydrogen (secondary N) is 2. The minimum absolute atomic E-state index is 0.0541. The average Bonchev–Trinajstić information content (AvgIpc) is 2.70. The number of para-hydroxylation sites is 1. The molecule has 0 saturated heterocycles. The number of ether oxygens (including phenoxy) is 1. The number of nitrogens with two attached hydrogens (primary N) is 1. The molecule has 1 atom stereocenters. The lowest BCUT2D eigenvalue weighted by Gasteiger charge is -2.17. The van der Waals surface area contributed by atoms with Crippen molar-refractivity contribution in [2.75, 3.05) is 13.1 Å². The Labute approximate surface area is 173 Å². The molecule has 0 fully saturated rings. The molecule has 0 aliphatic heterocycles. The summed E-state index contributed by atoms with van der Waals surface area (Å²) in [6.45, 7) is -0.204. The van der Waals surface area contributed by atoms with E-state index >= 15 is 0 Å². The summed E-state index contributed by atoms with van der Waals surface area (Å²) in [5.74, 6) is -0.953. The van der Waals surface area contributed by atoms with Crippen LogP contribution < -0.4 is 21.1 Å². The Morgan fingerprint density at radius 2 is 1.83 bits per heavy atom. The van der Waals surface area contributed by atoms with E-state index in [0.717, 1.165) is 5.56 Å². The first-order valence-electron chi connectivity index (χ1n) is 9.47. The maximum Gasteiger partial charge on any atom is 0.387 e. The number of benzene rings is 2. The summed E-state index contributed by atoms with van der Waals surface area (Å²) in [6, 6.07) is 12.2. The van der Waals surface area contributed by atoms with Gasteiger partial charge < -0.3 is 21.1 Å². The van der Waals surface area contributed by atoms with Gasteiger partial charge in [-0.1, -0.05) is 30.3 Å². The maximum absolute atomic E-state index is 13.1. The molecule has 0 bridgehead atoms. The Hall–Kier alpha value is -3.23. The van der Waals surface area contributed by atoms with Gasteiger partial charge in [-0.05, 0) is 37.1 Å². The Morgan fingerprint density at radius 1 is 1.13 bits per heavy atom. The van der Waals surface area contributed by atoms with Gasteiger partial charge in [-0.25, -0.2) is 9.38 Å². The summed E-state index contributed by atoms with van der Waals surface area (Å²) in [6.07, 6.45) is 0.340. The monoisotopic (exact) mass is 422 g/mol. The number of hydrogen-bond acceptors (Lipinski definition) is 3. The predicted molar refractivity (Wildman–Crippen MR) is 109 cm³/mol. The van der Waals surface area contributed by atoms with Crippen LogP contribution in [0.2, 0.25) is 0 Å². The number of carbonyl (C=O) groups excluding carboxylic acids is 1. The lowest BCUT2D eigenvalue weighted by atomic mass is 9.98. The molecular formula is C21H25F3N4O2. The number of guanidine groups is 1.